The molecule has 0 spiro atoms. The van der Waals surface area contributed by atoms with E-state index < -0.39 is 0 Å². The van der Waals surface area contributed by atoms with Gasteiger partial charge in [0.15, 0.2) is 0 Å². The Hall–Kier alpha value is -1.55. The zero-order valence-electron chi connectivity index (χ0n) is 11.2. The summed E-state index contributed by atoms with van der Waals surface area (Å²) >= 11 is 3.25. The van der Waals surface area contributed by atoms with Crippen LogP contribution in [0.5, 0.6) is 0 Å². The molecule has 2 aromatic carbocycles. The third-order valence-electron chi connectivity index (χ3n) is 3.67. The molecule has 1 heterocycles. The van der Waals surface area contributed by atoms with Gasteiger partial charge in [-0.1, -0.05) is 18.2 Å². The fraction of sp³-hybridized carbons (Fsp3) is 0.250. The highest BCUT2D eigenvalue weighted by molar-refractivity contribution is 9.10. The molecular weight excluding hydrogens is 319 g/mol. The summed E-state index contributed by atoms with van der Waals surface area (Å²) in [7, 11) is 0. The predicted octanol–water partition coefficient (Wildman–Crippen LogP) is 4.41. The minimum Gasteiger partial charge on any atom is -0.381 e. The summed E-state index contributed by atoms with van der Waals surface area (Å²) in [5.41, 5.74) is 3.46. The van der Waals surface area contributed by atoms with Gasteiger partial charge in [-0.3, -0.25) is 0 Å². The lowest BCUT2D eigenvalue weighted by atomic mass is 10.1. The Balaban J connectivity index is 1.91. The number of rotatable bonds is 2. The number of nitrogens with one attached hydrogen (secondary N) is 1. The van der Waals surface area contributed by atoms with E-state index in [2.05, 4.69) is 45.2 Å². The Morgan fingerprint density at radius 2 is 2.10 bits per heavy atom. The van der Waals surface area contributed by atoms with Crippen molar-refractivity contribution in [3.8, 4) is 0 Å². The summed E-state index contributed by atoms with van der Waals surface area (Å²) in [6, 6.07) is 13.9. The molecule has 0 aromatic heterocycles. The Kier molecular flexibility index (Phi) is 3.66. The van der Waals surface area contributed by atoms with Crippen LogP contribution in [0, 0.1) is 5.82 Å². The quantitative estimate of drug-likeness (QED) is 0.875. The average molecular weight is 335 g/mol. The monoisotopic (exact) mass is 334 g/mol. The number of hydrogen-bond acceptors (Lipinski definition) is 2. The first-order valence-corrected chi connectivity index (χ1v) is 7.48. The van der Waals surface area contributed by atoms with Gasteiger partial charge >= 0.3 is 0 Å². The molecule has 0 saturated carbocycles. The molecule has 20 heavy (non-hydrogen) atoms. The van der Waals surface area contributed by atoms with Crippen LogP contribution in [0.3, 0.4) is 0 Å². The van der Waals surface area contributed by atoms with Crippen LogP contribution in [0.1, 0.15) is 12.5 Å². The van der Waals surface area contributed by atoms with E-state index >= 15 is 0 Å². The SMILES string of the molecule is CC1CNc2ccccc2N1Cc1ccc(F)c(Br)c1. The van der Waals surface area contributed by atoms with Gasteiger partial charge in [0.25, 0.3) is 0 Å². The van der Waals surface area contributed by atoms with Gasteiger partial charge < -0.3 is 10.2 Å². The Labute approximate surface area is 126 Å². The second-order valence-corrected chi connectivity index (χ2v) is 5.98. The predicted molar refractivity (Wildman–Crippen MR) is 84.7 cm³/mol. The number of anilines is 2. The third kappa shape index (κ3) is 2.52. The molecule has 0 amide bonds. The van der Waals surface area contributed by atoms with Crippen molar-refractivity contribution in [1.82, 2.24) is 0 Å². The number of halogens is 2. The van der Waals surface area contributed by atoms with Gasteiger partial charge in [-0.05, 0) is 52.7 Å². The van der Waals surface area contributed by atoms with Gasteiger partial charge in [0.05, 0.1) is 15.8 Å². The molecule has 0 bridgehead atoms. The highest BCUT2D eigenvalue weighted by atomic mass is 79.9. The maximum Gasteiger partial charge on any atom is 0.137 e. The molecular formula is C16H16BrFN2. The summed E-state index contributed by atoms with van der Waals surface area (Å²) in [4.78, 5) is 2.35. The van der Waals surface area contributed by atoms with Crippen molar-refractivity contribution < 1.29 is 4.39 Å². The molecule has 0 saturated heterocycles. The van der Waals surface area contributed by atoms with Crippen LogP contribution in [-0.4, -0.2) is 12.6 Å². The number of para-hydroxylation sites is 2. The molecule has 4 heteroatoms. The Morgan fingerprint density at radius 3 is 2.90 bits per heavy atom. The van der Waals surface area contributed by atoms with Crippen LogP contribution >= 0.6 is 15.9 Å². The standard InChI is InChI=1S/C16H16BrFN2/c1-11-9-19-15-4-2-3-5-16(15)20(11)10-12-6-7-14(18)13(17)8-12/h2-8,11,19H,9-10H2,1H3. The van der Waals surface area contributed by atoms with Crippen molar-refractivity contribution in [1.29, 1.82) is 0 Å². The molecule has 104 valence electrons. The molecule has 2 nitrogen and oxygen atoms in total. The third-order valence-corrected chi connectivity index (χ3v) is 4.28. The second kappa shape index (κ2) is 5.44. The summed E-state index contributed by atoms with van der Waals surface area (Å²) in [6.45, 7) is 3.89. The van der Waals surface area contributed by atoms with E-state index in [1.807, 2.05) is 24.3 Å². The minimum absolute atomic E-state index is 0.220. The van der Waals surface area contributed by atoms with Crippen LogP contribution in [0.25, 0.3) is 0 Å². The molecule has 3 rings (SSSR count). The first-order chi connectivity index (χ1) is 9.65. The zero-order valence-corrected chi connectivity index (χ0v) is 12.8. The van der Waals surface area contributed by atoms with E-state index in [9.17, 15) is 4.39 Å². The lowest BCUT2D eigenvalue weighted by Crippen LogP contribution is -2.41. The molecule has 1 N–H and O–H groups in total. The lowest BCUT2D eigenvalue weighted by Gasteiger charge is -2.37. The van der Waals surface area contributed by atoms with E-state index in [1.54, 1.807) is 0 Å². The molecule has 1 aliphatic rings. The van der Waals surface area contributed by atoms with E-state index in [0.717, 1.165) is 24.3 Å². The normalized spacial score (nSPS) is 17.6. The van der Waals surface area contributed by atoms with E-state index in [-0.39, 0.29) is 5.82 Å². The van der Waals surface area contributed by atoms with Crippen LogP contribution in [0.2, 0.25) is 0 Å². The van der Waals surface area contributed by atoms with Crippen molar-refractivity contribution in [2.75, 3.05) is 16.8 Å². The van der Waals surface area contributed by atoms with Crippen molar-refractivity contribution in [2.45, 2.75) is 19.5 Å². The van der Waals surface area contributed by atoms with E-state index in [0.29, 0.717) is 10.5 Å². The number of hydrogen-bond donors (Lipinski definition) is 1. The Bertz CT molecular complexity index is 630. The van der Waals surface area contributed by atoms with Gasteiger partial charge in [0, 0.05) is 19.1 Å². The maximum absolute atomic E-state index is 13.3. The molecule has 1 aliphatic heterocycles. The van der Waals surface area contributed by atoms with Crippen molar-refractivity contribution >= 4 is 27.3 Å². The summed E-state index contributed by atoms with van der Waals surface area (Å²) in [6.07, 6.45) is 0. The van der Waals surface area contributed by atoms with Crippen LogP contribution in [0.15, 0.2) is 46.9 Å². The molecule has 0 fully saturated rings. The average Bonchev–Trinajstić information content (AvgIpc) is 2.46. The minimum atomic E-state index is -0.220. The van der Waals surface area contributed by atoms with Crippen molar-refractivity contribution in [2.24, 2.45) is 0 Å². The highest BCUT2D eigenvalue weighted by Gasteiger charge is 2.22. The first-order valence-electron chi connectivity index (χ1n) is 6.68. The molecule has 0 radical (unpaired) electrons. The van der Waals surface area contributed by atoms with Crippen molar-refractivity contribution in [3.05, 3.63) is 58.3 Å². The summed E-state index contributed by atoms with van der Waals surface area (Å²) < 4.78 is 13.8. The molecule has 1 unspecified atom stereocenters. The van der Waals surface area contributed by atoms with Crippen molar-refractivity contribution in [3.63, 3.8) is 0 Å². The number of benzene rings is 2. The maximum atomic E-state index is 13.3. The topological polar surface area (TPSA) is 15.3 Å². The van der Waals surface area contributed by atoms with Crippen LogP contribution in [0.4, 0.5) is 15.8 Å². The smallest absolute Gasteiger partial charge is 0.137 e. The van der Waals surface area contributed by atoms with Gasteiger partial charge in [0.2, 0.25) is 0 Å². The van der Waals surface area contributed by atoms with Gasteiger partial charge in [-0.15, -0.1) is 0 Å². The number of fused-ring (bicyclic) bond motifs is 1. The summed E-state index contributed by atoms with van der Waals surface area (Å²) in [5, 5.41) is 3.44. The van der Waals surface area contributed by atoms with Gasteiger partial charge in [-0.2, -0.15) is 0 Å². The molecule has 1 atom stereocenters. The largest absolute Gasteiger partial charge is 0.381 e. The zero-order chi connectivity index (χ0) is 14.1. The summed E-state index contributed by atoms with van der Waals surface area (Å²) in [5.74, 6) is -0.220. The Morgan fingerprint density at radius 1 is 1.30 bits per heavy atom. The highest BCUT2D eigenvalue weighted by Crippen LogP contribution is 2.32. The second-order valence-electron chi connectivity index (χ2n) is 5.12. The molecule has 0 aliphatic carbocycles. The van der Waals surface area contributed by atoms with E-state index in [1.165, 1.54) is 11.8 Å². The number of nitrogens with zero attached hydrogens (tertiary/aromatic N) is 1. The fourth-order valence-electron chi connectivity index (χ4n) is 2.55. The van der Waals surface area contributed by atoms with Gasteiger partial charge in [-0.25, -0.2) is 4.39 Å². The van der Waals surface area contributed by atoms with Crippen LogP contribution in [-0.2, 0) is 6.54 Å². The lowest BCUT2D eigenvalue weighted by molar-refractivity contribution is 0.616. The van der Waals surface area contributed by atoms with Crippen LogP contribution < -0.4 is 10.2 Å². The fourth-order valence-corrected chi connectivity index (χ4v) is 2.98. The molecule has 2 aromatic rings. The first kappa shape index (κ1) is 13.4. The van der Waals surface area contributed by atoms with E-state index in [4.69, 9.17) is 0 Å². The van der Waals surface area contributed by atoms with Gasteiger partial charge in [0.1, 0.15) is 5.82 Å².